The van der Waals surface area contributed by atoms with Crippen molar-refractivity contribution in [2.75, 3.05) is 18.1 Å². The van der Waals surface area contributed by atoms with Crippen LogP contribution < -0.4 is 0 Å². The topological polar surface area (TPSA) is 82.0 Å². The normalized spacial score (nSPS) is 20.1. The predicted molar refractivity (Wildman–Crippen MR) is 57.9 cm³/mol. The first-order valence-electron chi connectivity index (χ1n) is 5.08. The summed E-state index contributed by atoms with van der Waals surface area (Å²) in [5.41, 5.74) is 0.151. The van der Waals surface area contributed by atoms with Crippen molar-refractivity contribution in [1.82, 2.24) is 0 Å². The smallest absolute Gasteiger partial charge is 0.356 e. The lowest BCUT2D eigenvalue weighted by molar-refractivity contribution is -0.135. The lowest BCUT2D eigenvalue weighted by atomic mass is 10.2. The van der Waals surface area contributed by atoms with Crippen LogP contribution in [0.5, 0.6) is 0 Å². The van der Waals surface area contributed by atoms with Crippen LogP contribution in [0, 0.1) is 0 Å². The van der Waals surface area contributed by atoms with Gasteiger partial charge in [0.15, 0.2) is 15.5 Å². The average Bonchev–Trinajstić information content (AvgIpc) is 2.66. The van der Waals surface area contributed by atoms with Gasteiger partial charge in [0.2, 0.25) is 0 Å². The maximum atomic E-state index is 11.3. The van der Waals surface area contributed by atoms with E-state index in [0.717, 1.165) is 0 Å². The summed E-state index contributed by atoms with van der Waals surface area (Å²) in [7, 11) is -3.11. The number of esters is 1. The van der Waals surface area contributed by atoms with Gasteiger partial charge in [0.1, 0.15) is 6.10 Å². The zero-order valence-corrected chi connectivity index (χ0v) is 10.1. The fourth-order valence-corrected chi connectivity index (χ4v) is 2.23. The van der Waals surface area contributed by atoms with E-state index >= 15 is 0 Å². The first-order chi connectivity index (χ1) is 7.48. The van der Waals surface area contributed by atoms with Crippen molar-refractivity contribution in [1.29, 1.82) is 0 Å². The molecule has 6 nitrogen and oxygen atoms in total. The van der Waals surface area contributed by atoms with Gasteiger partial charge in [-0.05, 0) is 6.92 Å². The lowest BCUT2D eigenvalue weighted by Crippen LogP contribution is -2.24. The van der Waals surface area contributed by atoms with Crippen LogP contribution in [0.3, 0.4) is 0 Å². The number of carbonyl (C=O) groups is 1. The zero-order valence-electron chi connectivity index (χ0n) is 9.30. The van der Waals surface area contributed by atoms with Gasteiger partial charge in [0, 0.05) is 12.2 Å². The molecule has 1 rings (SSSR count). The Morgan fingerprint density at radius 1 is 1.56 bits per heavy atom. The highest BCUT2D eigenvalue weighted by atomic mass is 32.2. The van der Waals surface area contributed by atoms with Crippen molar-refractivity contribution in [3.63, 3.8) is 0 Å². The molecule has 0 bridgehead atoms. The van der Waals surface area contributed by atoms with Gasteiger partial charge in [-0.25, -0.2) is 13.2 Å². The van der Waals surface area contributed by atoms with E-state index in [4.69, 9.17) is 9.57 Å². The first kappa shape index (κ1) is 13.0. The summed E-state index contributed by atoms with van der Waals surface area (Å²) in [5, 5.41) is 3.53. The van der Waals surface area contributed by atoms with Crippen molar-refractivity contribution in [3.8, 4) is 0 Å². The van der Waals surface area contributed by atoms with Crippen LogP contribution in [-0.2, 0) is 24.2 Å². The Bertz CT molecular complexity index is 387. The molecule has 0 saturated heterocycles. The summed E-state index contributed by atoms with van der Waals surface area (Å²) in [6.07, 6.45) is -0.373. The van der Waals surface area contributed by atoms with Gasteiger partial charge < -0.3 is 9.57 Å². The molecule has 0 aromatic heterocycles. The molecule has 0 N–H and O–H groups in total. The molecule has 92 valence electrons. The molecule has 0 amide bonds. The minimum atomic E-state index is -3.11. The molecule has 0 unspecified atom stereocenters. The van der Waals surface area contributed by atoms with Crippen LogP contribution in [0.2, 0.25) is 0 Å². The van der Waals surface area contributed by atoms with E-state index in [1.54, 1.807) is 13.8 Å². The first-order valence-corrected chi connectivity index (χ1v) is 6.91. The second kappa shape index (κ2) is 5.29. The van der Waals surface area contributed by atoms with Gasteiger partial charge in [-0.15, -0.1) is 0 Å². The predicted octanol–water partition coefficient (Wildman–Crippen LogP) is 0.129. The SMILES string of the molecule is CCOC(=O)C1=NO[C@H](CS(=O)(=O)CC)C1. The van der Waals surface area contributed by atoms with Gasteiger partial charge >= 0.3 is 5.97 Å². The molecule has 1 heterocycles. The molecule has 0 spiro atoms. The number of nitrogens with zero attached hydrogens (tertiary/aromatic N) is 1. The van der Waals surface area contributed by atoms with Crippen LogP contribution >= 0.6 is 0 Å². The van der Waals surface area contributed by atoms with Gasteiger partial charge in [-0.2, -0.15) is 0 Å². The second-order valence-electron chi connectivity index (χ2n) is 3.39. The molecule has 1 aliphatic heterocycles. The van der Waals surface area contributed by atoms with E-state index in [2.05, 4.69) is 5.16 Å². The third-order valence-electron chi connectivity index (χ3n) is 2.12. The second-order valence-corrected chi connectivity index (χ2v) is 5.79. The molecule has 1 atom stereocenters. The molecule has 0 saturated carbocycles. The summed E-state index contributed by atoms with van der Waals surface area (Å²) in [4.78, 5) is 16.1. The summed E-state index contributed by atoms with van der Waals surface area (Å²) >= 11 is 0. The van der Waals surface area contributed by atoms with Crippen LogP contribution in [0.4, 0.5) is 0 Å². The molecule has 0 aromatic carbocycles. The summed E-state index contributed by atoms with van der Waals surface area (Å²) in [6, 6.07) is 0. The largest absolute Gasteiger partial charge is 0.461 e. The van der Waals surface area contributed by atoms with Crippen LogP contribution in [0.15, 0.2) is 5.16 Å². The van der Waals surface area contributed by atoms with Crippen molar-refractivity contribution in [3.05, 3.63) is 0 Å². The molecule has 1 aliphatic rings. The number of oxime groups is 1. The fourth-order valence-electron chi connectivity index (χ4n) is 1.25. The average molecular weight is 249 g/mol. The molecular formula is C9H15NO5S. The van der Waals surface area contributed by atoms with E-state index in [1.807, 2.05) is 0 Å². The third kappa shape index (κ3) is 3.48. The number of sulfone groups is 1. The molecule has 0 fully saturated rings. The van der Waals surface area contributed by atoms with E-state index in [0.29, 0.717) is 0 Å². The molecular weight excluding hydrogens is 234 g/mol. The monoisotopic (exact) mass is 249 g/mol. The number of hydrogen-bond acceptors (Lipinski definition) is 6. The molecule has 0 radical (unpaired) electrons. The Labute approximate surface area is 94.5 Å². The molecule has 16 heavy (non-hydrogen) atoms. The van der Waals surface area contributed by atoms with Crippen LogP contribution in [-0.4, -0.2) is 44.3 Å². The van der Waals surface area contributed by atoms with Gasteiger partial charge in [0.05, 0.1) is 12.4 Å². The summed E-state index contributed by atoms with van der Waals surface area (Å²) in [6.45, 7) is 3.51. The highest BCUT2D eigenvalue weighted by Crippen LogP contribution is 2.14. The van der Waals surface area contributed by atoms with Crippen molar-refractivity contribution in [2.45, 2.75) is 26.4 Å². The van der Waals surface area contributed by atoms with Crippen molar-refractivity contribution >= 4 is 21.5 Å². The Morgan fingerprint density at radius 3 is 2.81 bits per heavy atom. The number of rotatable bonds is 5. The Hall–Kier alpha value is -1.11. The minimum Gasteiger partial charge on any atom is -0.461 e. The summed E-state index contributed by atoms with van der Waals surface area (Å²) < 4.78 is 27.4. The Morgan fingerprint density at radius 2 is 2.25 bits per heavy atom. The standard InChI is InChI=1S/C9H15NO5S/c1-3-14-9(11)8-5-7(15-10-8)6-16(12,13)4-2/h7H,3-6H2,1-2H3/t7-/m0/s1. The molecule has 7 heteroatoms. The van der Waals surface area contributed by atoms with E-state index < -0.39 is 21.9 Å². The van der Waals surface area contributed by atoms with E-state index in [-0.39, 0.29) is 30.2 Å². The van der Waals surface area contributed by atoms with Crippen molar-refractivity contribution < 1.29 is 22.8 Å². The Balaban J connectivity index is 2.48. The Kier molecular flexibility index (Phi) is 4.28. The van der Waals surface area contributed by atoms with E-state index in [9.17, 15) is 13.2 Å². The van der Waals surface area contributed by atoms with Crippen molar-refractivity contribution in [2.24, 2.45) is 5.16 Å². The van der Waals surface area contributed by atoms with Gasteiger partial charge in [-0.3, -0.25) is 0 Å². The quantitative estimate of drug-likeness (QED) is 0.647. The minimum absolute atomic E-state index is 0.0571. The van der Waals surface area contributed by atoms with Gasteiger partial charge in [-0.1, -0.05) is 12.1 Å². The summed E-state index contributed by atoms with van der Waals surface area (Å²) in [5.74, 6) is -0.601. The lowest BCUT2D eigenvalue weighted by Gasteiger charge is -2.06. The highest BCUT2D eigenvalue weighted by Gasteiger charge is 2.30. The fraction of sp³-hybridized carbons (Fsp3) is 0.778. The van der Waals surface area contributed by atoms with Crippen LogP contribution in [0.25, 0.3) is 0 Å². The van der Waals surface area contributed by atoms with Gasteiger partial charge in [0.25, 0.3) is 0 Å². The number of carbonyl (C=O) groups excluding carboxylic acids is 1. The zero-order chi connectivity index (χ0) is 12.2. The molecule has 0 aromatic rings. The number of hydrogen-bond donors (Lipinski definition) is 0. The third-order valence-corrected chi connectivity index (χ3v) is 3.88. The van der Waals surface area contributed by atoms with Crippen LogP contribution in [0.1, 0.15) is 20.3 Å². The maximum absolute atomic E-state index is 11.3. The van der Waals surface area contributed by atoms with E-state index in [1.165, 1.54) is 0 Å². The maximum Gasteiger partial charge on any atom is 0.356 e. The highest BCUT2D eigenvalue weighted by molar-refractivity contribution is 7.91. The molecule has 0 aliphatic carbocycles. The number of ether oxygens (including phenoxy) is 1.